The number of benzene rings is 1. The van der Waals surface area contributed by atoms with Crippen molar-refractivity contribution in [2.75, 3.05) is 6.61 Å². The summed E-state index contributed by atoms with van der Waals surface area (Å²) in [4.78, 5) is 0. The molecule has 0 heterocycles. The monoisotopic (exact) mass is 169 g/mol. The summed E-state index contributed by atoms with van der Waals surface area (Å²) >= 11 is 0. The van der Waals surface area contributed by atoms with Crippen molar-refractivity contribution < 1.29 is 14.2 Å². The zero-order valence-corrected chi connectivity index (χ0v) is 6.75. The van der Waals surface area contributed by atoms with Crippen molar-refractivity contribution in [2.45, 2.75) is 6.92 Å². The average Bonchev–Trinajstić information content (AvgIpc) is 2.09. The molecule has 0 amide bonds. The summed E-state index contributed by atoms with van der Waals surface area (Å²) in [7, 11) is 0. The lowest BCUT2D eigenvalue weighted by molar-refractivity contribution is 0.338. The van der Waals surface area contributed by atoms with Crippen molar-refractivity contribution in [1.82, 2.24) is 0 Å². The number of ether oxygens (including phenoxy) is 1. The van der Waals surface area contributed by atoms with E-state index in [-0.39, 0.29) is 5.56 Å². The molecule has 0 saturated carbocycles. The molecule has 12 heavy (non-hydrogen) atoms. The van der Waals surface area contributed by atoms with Crippen molar-refractivity contribution in [3.8, 4) is 5.75 Å². The fraction of sp³-hybridized carbons (Fsp3) is 0.222. The number of aliphatic hydroxyl groups is 1. The van der Waals surface area contributed by atoms with Gasteiger partial charge in [0.1, 0.15) is 18.2 Å². The predicted molar refractivity (Wildman–Crippen MR) is 42.9 cm³/mol. The Balaban J connectivity index is 2.89. The highest BCUT2D eigenvalue weighted by molar-refractivity contribution is 5.32. The fourth-order valence-electron chi connectivity index (χ4n) is 0.877. The molecule has 0 aromatic heterocycles. The molecular weight excluding hydrogens is 159 g/mol. The van der Waals surface area contributed by atoms with Crippen molar-refractivity contribution in [1.29, 1.82) is 0 Å². The maximum absolute atomic E-state index is 12.8. The van der Waals surface area contributed by atoms with Gasteiger partial charge >= 0.3 is 0 Å². The lowest BCUT2D eigenvalue weighted by atomic mass is 10.2. The normalized spacial score (nSPS) is 9.92. The molecule has 1 rings (SSSR count). The molecule has 0 unspecified atom stereocenters. The average molecular weight is 169 g/mol. The number of hydrogen-bond donors (Lipinski definition) is 1. The molecule has 1 aromatic carbocycles. The van der Waals surface area contributed by atoms with Crippen LogP contribution in [0.15, 0.2) is 18.2 Å². The molecule has 1 radical (unpaired) electrons. The van der Waals surface area contributed by atoms with Crippen LogP contribution in [0.1, 0.15) is 12.5 Å². The Labute approximate surface area is 70.6 Å². The molecule has 0 aliphatic heterocycles. The van der Waals surface area contributed by atoms with E-state index in [0.717, 1.165) is 6.61 Å². The summed E-state index contributed by atoms with van der Waals surface area (Å²) < 4.78 is 17.9. The number of rotatable bonds is 3. The third-order valence-electron chi connectivity index (χ3n) is 1.42. The molecule has 0 fully saturated rings. The summed E-state index contributed by atoms with van der Waals surface area (Å²) in [5, 5.41) is 8.59. The van der Waals surface area contributed by atoms with Gasteiger partial charge in [-0.3, -0.25) is 0 Å². The maximum atomic E-state index is 12.8. The van der Waals surface area contributed by atoms with Crippen LogP contribution in [0, 0.1) is 12.4 Å². The largest absolute Gasteiger partial charge is 0.494 e. The summed E-state index contributed by atoms with van der Waals surface area (Å²) in [5.74, 6) is 0.0974. The van der Waals surface area contributed by atoms with Crippen LogP contribution < -0.4 is 4.74 Å². The van der Waals surface area contributed by atoms with E-state index in [1.54, 1.807) is 0 Å². The van der Waals surface area contributed by atoms with Crippen LogP contribution in [0.25, 0.3) is 0 Å². The quantitative estimate of drug-likeness (QED) is 0.750. The minimum Gasteiger partial charge on any atom is -0.494 e. The summed E-state index contributed by atoms with van der Waals surface area (Å²) in [6.45, 7) is 3.08. The molecule has 3 heteroatoms. The lowest BCUT2D eigenvalue weighted by Crippen LogP contribution is -1.94. The first-order chi connectivity index (χ1) is 5.77. The van der Waals surface area contributed by atoms with Gasteiger partial charge in [-0.05, 0) is 25.1 Å². The van der Waals surface area contributed by atoms with Gasteiger partial charge in [0.15, 0.2) is 0 Å². The van der Waals surface area contributed by atoms with E-state index in [4.69, 9.17) is 9.84 Å². The fourth-order valence-corrected chi connectivity index (χ4v) is 0.877. The van der Waals surface area contributed by atoms with Crippen LogP contribution in [-0.4, -0.2) is 11.7 Å². The van der Waals surface area contributed by atoms with Gasteiger partial charge in [-0.15, -0.1) is 0 Å². The Morgan fingerprint density at radius 2 is 2.33 bits per heavy atom. The van der Waals surface area contributed by atoms with Gasteiger partial charge in [0.05, 0.1) is 6.61 Å². The molecule has 65 valence electrons. The first-order valence-corrected chi connectivity index (χ1v) is 3.67. The molecule has 0 spiro atoms. The van der Waals surface area contributed by atoms with E-state index in [9.17, 15) is 4.39 Å². The van der Waals surface area contributed by atoms with Crippen molar-refractivity contribution >= 4 is 0 Å². The summed E-state index contributed by atoms with van der Waals surface area (Å²) in [5.41, 5.74) is 0.140. The highest BCUT2D eigenvalue weighted by Crippen LogP contribution is 2.17. The van der Waals surface area contributed by atoms with Gasteiger partial charge < -0.3 is 9.84 Å². The van der Waals surface area contributed by atoms with Crippen molar-refractivity contribution in [2.24, 2.45) is 0 Å². The van der Waals surface area contributed by atoms with E-state index in [0.29, 0.717) is 12.4 Å². The molecule has 0 aliphatic rings. The topological polar surface area (TPSA) is 29.5 Å². The Morgan fingerprint density at radius 1 is 1.58 bits per heavy atom. The second-order valence-electron chi connectivity index (χ2n) is 2.25. The van der Waals surface area contributed by atoms with Crippen molar-refractivity contribution in [3.05, 3.63) is 36.2 Å². The molecule has 1 aromatic rings. The molecule has 0 bridgehead atoms. The van der Waals surface area contributed by atoms with Crippen LogP contribution in [0.2, 0.25) is 0 Å². The Morgan fingerprint density at radius 3 is 2.92 bits per heavy atom. The van der Waals surface area contributed by atoms with Crippen LogP contribution in [0.4, 0.5) is 4.39 Å². The zero-order valence-electron chi connectivity index (χ0n) is 6.75. The minimum atomic E-state index is -0.457. The lowest BCUT2D eigenvalue weighted by Gasteiger charge is -2.04. The van der Waals surface area contributed by atoms with E-state index < -0.39 is 5.82 Å². The Bertz CT molecular complexity index is 261. The minimum absolute atomic E-state index is 0.140. The van der Waals surface area contributed by atoms with Crippen LogP contribution in [-0.2, 0) is 0 Å². The van der Waals surface area contributed by atoms with Crippen LogP contribution in [0.3, 0.4) is 0 Å². The second kappa shape index (κ2) is 4.07. The van der Waals surface area contributed by atoms with E-state index >= 15 is 0 Å². The molecule has 1 N–H and O–H groups in total. The molecule has 2 nitrogen and oxygen atoms in total. The smallest absolute Gasteiger partial charge is 0.129 e. The molecule has 0 atom stereocenters. The third kappa shape index (κ3) is 1.95. The number of hydrogen-bond acceptors (Lipinski definition) is 2. The van der Waals surface area contributed by atoms with E-state index in [1.165, 1.54) is 18.2 Å². The Kier molecular flexibility index (Phi) is 3.05. The van der Waals surface area contributed by atoms with Crippen LogP contribution >= 0.6 is 0 Å². The maximum Gasteiger partial charge on any atom is 0.129 e. The van der Waals surface area contributed by atoms with Crippen LogP contribution in [0.5, 0.6) is 5.75 Å². The number of halogens is 1. The highest BCUT2D eigenvalue weighted by atomic mass is 19.1. The predicted octanol–water partition coefficient (Wildman–Crippen LogP) is 2.11. The summed E-state index contributed by atoms with van der Waals surface area (Å²) in [6, 6.07) is 4.22. The molecular formula is C9H10FO2. The second-order valence-corrected chi connectivity index (χ2v) is 2.25. The SMILES string of the molecule is CCOc1ccc(F)c([CH]O)c1. The van der Waals surface area contributed by atoms with Gasteiger partial charge in [0.25, 0.3) is 0 Å². The molecule has 0 saturated heterocycles. The number of aliphatic hydroxyl groups excluding tert-OH is 1. The third-order valence-corrected chi connectivity index (χ3v) is 1.42. The van der Waals surface area contributed by atoms with E-state index in [2.05, 4.69) is 0 Å². The first kappa shape index (κ1) is 9.00. The summed E-state index contributed by atoms with van der Waals surface area (Å²) in [6.07, 6.45) is 0. The van der Waals surface area contributed by atoms with Crippen molar-refractivity contribution in [3.63, 3.8) is 0 Å². The van der Waals surface area contributed by atoms with Gasteiger partial charge in [-0.2, -0.15) is 0 Å². The van der Waals surface area contributed by atoms with Gasteiger partial charge in [0, 0.05) is 5.56 Å². The first-order valence-electron chi connectivity index (χ1n) is 3.67. The standard InChI is InChI=1S/C9H10FO2/c1-2-12-8-3-4-9(10)7(5-8)6-11/h3-6,11H,2H2,1H3. The Hall–Kier alpha value is -1.09. The van der Waals surface area contributed by atoms with E-state index in [1.807, 2.05) is 6.92 Å². The highest BCUT2D eigenvalue weighted by Gasteiger charge is 2.02. The zero-order chi connectivity index (χ0) is 8.97. The van der Waals surface area contributed by atoms with Gasteiger partial charge in [-0.25, -0.2) is 4.39 Å². The van der Waals surface area contributed by atoms with Gasteiger partial charge in [0.2, 0.25) is 0 Å². The molecule has 0 aliphatic carbocycles. The van der Waals surface area contributed by atoms with Gasteiger partial charge in [-0.1, -0.05) is 0 Å².